The van der Waals surface area contributed by atoms with Crippen molar-refractivity contribution in [1.29, 1.82) is 0 Å². The summed E-state index contributed by atoms with van der Waals surface area (Å²) in [7, 11) is 0. The molecule has 2 rings (SSSR count). The van der Waals surface area contributed by atoms with E-state index in [1.165, 1.54) is 0 Å². The quantitative estimate of drug-likeness (QED) is 0.794. The molecule has 2 atom stereocenters. The average molecular weight is 235 g/mol. The molecule has 0 radical (unpaired) electrons. The molecular weight excluding hydrogens is 214 g/mol. The molecule has 0 spiro atoms. The lowest BCUT2D eigenvalue weighted by Crippen LogP contribution is -2.49. The van der Waals surface area contributed by atoms with E-state index in [-0.39, 0.29) is 11.6 Å². The summed E-state index contributed by atoms with van der Waals surface area (Å²) >= 11 is 0. The Labute approximate surface area is 103 Å². The molecule has 3 heteroatoms. The van der Waals surface area contributed by atoms with Crippen LogP contribution in [0.1, 0.15) is 20.3 Å². The number of ether oxygens (including phenoxy) is 2. The van der Waals surface area contributed by atoms with E-state index in [0.29, 0.717) is 6.61 Å². The predicted octanol–water partition coefficient (Wildman–Crippen LogP) is 2.22. The number of hydrogen-bond donors (Lipinski definition) is 1. The first-order chi connectivity index (χ1) is 8.21. The Morgan fingerprint density at radius 3 is 2.82 bits per heavy atom. The molecular formula is C14H21NO2. The zero-order valence-electron chi connectivity index (χ0n) is 10.6. The summed E-state index contributed by atoms with van der Waals surface area (Å²) in [6.07, 6.45) is 1.35. The van der Waals surface area contributed by atoms with E-state index in [0.717, 1.165) is 25.3 Å². The molecule has 0 bridgehead atoms. The number of benzene rings is 1. The number of nitrogens with one attached hydrogen (secondary N) is 1. The van der Waals surface area contributed by atoms with Gasteiger partial charge in [0.25, 0.3) is 0 Å². The largest absolute Gasteiger partial charge is 0.492 e. The van der Waals surface area contributed by atoms with Gasteiger partial charge in [-0.25, -0.2) is 0 Å². The van der Waals surface area contributed by atoms with Gasteiger partial charge in [0.15, 0.2) is 0 Å². The minimum absolute atomic E-state index is 0.0973. The minimum atomic E-state index is 0.0973. The zero-order valence-corrected chi connectivity index (χ0v) is 10.6. The van der Waals surface area contributed by atoms with Gasteiger partial charge in [-0.15, -0.1) is 0 Å². The molecule has 1 aliphatic rings. The van der Waals surface area contributed by atoms with Gasteiger partial charge in [0.2, 0.25) is 0 Å². The van der Waals surface area contributed by atoms with Gasteiger partial charge < -0.3 is 14.8 Å². The Bertz CT molecular complexity index is 341. The fourth-order valence-corrected chi connectivity index (χ4v) is 2.09. The maximum atomic E-state index is 5.64. The molecule has 0 aromatic heterocycles. The predicted molar refractivity (Wildman–Crippen MR) is 68.4 cm³/mol. The van der Waals surface area contributed by atoms with Crippen LogP contribution in [0.5, 0.6) is 5.75 Å². The molecule has 1 aliphatic heterocycles. The summed E-state index contributed by atoms with van der Waals surface area (Å²) in [5, 5.41) is 3.53. The summed E-state index contributed by atoms with van der Waals surface area (Å²) in [4.78, 5) is 0. The van der Waals surface area contributed by atoms with Gasteiger partial charge >= 0.3 is 0 Å². The maximum Gasteiger partial charge on any atom is 0.119 e. The Hall–Kier alpha value is -1.06. The van der Waals surface area contributed by atoms with Crippen LogP contribution in [0.2, 0.25) is 0 Å². The van der Waals surface area contributed by atoms with Crippen LogP contribution in [0.25, 0.3) is 0 Å². The van der Waals surface area contributed by atoms with Gasteiger partial charge in [-0.3, -0.25) is 0 Å². The number of rotatable bonds is 5. The van der Waals surface area contributed by atoms with Crippen LogP contribution in [0.15, 0.2) is 30.3 Å². The smallest absolute Gasteiger partial charge is 0.119 e. The van der Waals surface area contributed by atoms with Crippen LogP contribution in [0, 0.1) is 0 Å². The van der Waals surface area contributed by atoms with Gasteiger partial charge in [-0.2, -0.15) is 0 Å². The summed E-state index contributed by atoms with van der Waals surface area (Å²) in [5.41, 5.74) is 0.0973. The van der Waals surface area contributed by atoms with Crippen molar-refractivity contribution in [2.75, 3.05) is 19.8 Å². The molecule has 1 heterocycles. The molecule has 1 saturated heterocycles. The zero-order chi connectivity index (χ0) is 12.1. The molecule has 3 nitrogen and oxygen atoms in total. The molecule has 0 amide bonds. The summed E-state index contributed by atoms with van der Waals surface area (Å²) in [6.45, 7) is 6.72. The highest BCUT2D eigenvalue weighted by Crippen LogP contribution is 2.24. The first-order valence-corrected chi connectivity index (χ1v) is 6.25. The lowest BCUT2D eigenvalue weighted by atomic mass is 9.95. The van der Waals surface area contributed by atoms with Crippen molar-refractivity contribution in [1.82, 2.24) is 5.32 Å². The Morgan fingerprint density at radius 2 is 2.18 bits per heavy atom. The van der Waals surface area contributed by atoms with Crippen molar-refractivity contribution >= 4 is 0 Å². The Morgan fingerprint density at radius 1 is 1.41 bits per heavy atom. The third kappa shape index (κ3) is 3.20. The van der Waals surface area contributed by atoms with E-state index in [2.05, 4.69) is 19.2 Å². The minimum Gasteiger partial charge on any atom is -0.492 e. The summed E-state index contributed by atoms with van der Waals surface area (Å²) in [5.74, 6) is 0.926. The van der Waals surface area contributed by atoms with E-state index in [1.54, 1.807) is 0 Å². The first-order valence-electron chi connectivity index (χ1n) is 6.25. The standard InChI is InChI=1S/C14H21NO2/c1-12-14(2,8-10-16-12)15-9-11-17-13-6-4-3-5-7-13/h3-7,12,15H,8-11H2,1-2H3/t12-,14+/m0/s1. The first kappa shape index (κ1) is 12.4. The second kappa shape index (κ2) is 5.52. The number of hydrogen-bond acceptors (Lipinski definition) is 3. The van der Waals surface area contributed by atoms with E-state index >= 15 is 0 Å². The third-order valence-corrected chi connectivity index (χ3v) is 3.53. The van der Waals surface area contributed by atoms with E-state index in [1.807, 2.05) is 30.3 Å². The number of para-hydroxylation sites is 1. The van der Waals surface area contributed by atoms with Gasteiger partial charge in [0.1, 0.15) is 12.4 Å². The summed E-state index contributed by atoms with van der Waals surface area (Å²) in [6, 6.07) is 9.91. The highest BCUT2D eigenvalue weighted by Gasteiger charge is 2.36. The average Bonchev–Trinajstić information content (AvgIpc) is 2.67. The Kier molecular flexibility index (Phi) is 4.02. The fourth-order valence-electron chi connectivity index (χ4n) is 2.09. The lowest BCUT2D eigenvalue weighted by molar-refractivity contribution is 0.0872. The van der Waals surface area contributed by atoms with Gasteiger partial charge in [-0.1, -0.05) is 18.2 Å². The highest BCUT2D eigenvalue weighted by atomic mass is 16.5. The van der Waals surface area contributed by atoms with Crippen LogP contribution < -0.4 is 10.1 Å². The molecule has 94 valence electrons. The van der Waals surface area contributed by atoms with E-state index in [4.69, 9.17) is 9.47 Å². The topological polar surface area (TPSA) is 30.5 Å². The second-order valence-electron chi connectivity index (χ2n) is 4.77. The SMILES string of the molecule is C[C@@H]1OCC[C@@]1(C)NCCOc1ccccc1. The van der Waals surface area contributed by atoms with E-state index < -0.39 is 0 Å². The third-order valence-electron chi connectivity index (χ3n) is 3.53. The summed E-state index contributed by atoms with van der Waals surface area (Å²) < 4.78 is 11.2. The molecule has 0 aliphatic carbocycles. The van der Waals surface area contributed by atoms with Crippen molar-refractivity contribution in [2.45, 2.75) is 31.9 Å². The maximum absolute atomic E-state index is 5.64. The van der Waals surface area contributed by atoms with Crippen molar-refractivity contribution < 1.29 is 9.47 Å². The fraction of sp³-hybridized carbons (Fsp3) is 0.571. The monoisotopic (exact) mass is 235 g/mol. The molecule has 0 saturated carbocycles. The van der Waals surface area contributed by atoms with Crippen LogP contribution in [0.4, 0.5) is 0 Å². The van der Waals surface area contributed by atoms with Crippen LogP contribution >= 0.6 is 0 Å². The van der Waals surface area contributed by atoms with Gasteiger partial charge in [-0.05, 0) is 32.4 Å². The van der Waals surface area contributed by atoms with Crippen molar-refractivity contribution in [2.24, 2.45) is 0 Å². The normalized spacial score (nSPS) is 28.2. The second-order valence-corrected chi connectivity index (χ2v) is 4.77. The van der Waals surface area contributed by atoms with Crippen molar-refractivity contribution in [3.8, 4) is 5.75 Å². The molecule has 1 N–H and O–H groups in total. The van der Waals surface area contributed by atoms with Gasteiger partial charge in [0.05, 0.1) is 6.10 Å². The van der Waals surface area contributed by atoms with Crippen LogP contribution in [0.3, 0.4) is 0 Å². The molecule has 17 heavy (non-hydrogen) atoms. The molecule has 0 unspecified atom stereocenters. The van der Waals surface area contributed by atoms with Crippen molar-refractivity contribution in [3.63, 3.8) is 0 Å². The Balaban J connectivity index is 1.70. The highest BCUT2D eigenvalue weighted by molar-refractivity contribution is 5.20. The van der Waals surface area contributed by atoms with E-state index in [9.17, 15) is 0 Å². The van der Waals surface area contributed by atoms with Crippen LogP contribution in [-0.4, -0.2) is 31.4 Å². The lowest BCUT2D eigenvalue weighted by Gasteiger charge is -2.29. The van der Waals surface area contributed by atoms with Gasteiger partial charge in [0, 0.05) is 18.7 Å². The molecule has 1 aromatic rings. The van der Waals surface area contributed by atoms with Crippen LogP contribution in [-0.2, 0) is 4.74 Å². The van der Waals surface area contributed by atoms with Crippen molar-refractivity contribution in [3.05, 3.63) is 30.3 Å². The molecule has 1 aromatic carbocycles. The molecule has 1 fully saturated rings.